The number of thioether (sulfide) groups is 1. The molecule has 3 rings (SSSR count). The number of nitrogens with one attached hydrogen (secondary N) is 1. The topological polar surface area (TPSA) is 85.8 Å². The van der Waals surface area contributed by atoms with E-state index in [2.05, 4.69) is 15.5 Å². The van der Waals surface area contributed by atoms with Gasteiger partial charge >= 0.3 is 0 Å². The summed E-state index contributed by atoms with van der Waals surface area (Å²) in [5.41, 5.74) is 1.74. The zero-order valence-electron chi connectivity index (χ0n) is 14.2. The summed E-state index contributed by atoms with van der Waals surface area (Å²) in [6, 6.07) is 13.3. The number of aromatic nitrogens is 3. The molecule has 140 valence electrons. The zero-order chi connectivity index (χ0) is 19.2. The third-order valence-corrected chi connectivity index (χ3v) is 4.94. The van der Waals surface area contributed by atoms with Gasteiger partial charge in [0, 0.05) is 17.1 Å². The molecule has 0 fully saturated rings. The van der Waals surface area contributed by atoms with Crippen molar-refractivity contribution >= 4 is 29.3 Å². The first-order chi connectivity index (χ1) is 13.0. The largest absolute Gasteiger partial charge is 0.355 e. The van der Waals surface area contributed by atoms with Crippen molar-refractivity contribution in [2.24, 2.45) is 0 Å². The summed E-state index contributed by atoms with van der Waals surface area (Å²) < 4.78 is 14.2. The Morgan fingerprint density at radius 2 is 1.85 bits per heavy atom. The fraction of sp³-hybridized carbons (Fsp3) is 0.167. The van der Waals surface area contributed by atoms with Gasteiger partial charge in [0.1, 0.15) is 5.82 Å². The minimum Gasteiger partial charge on any atom is -0.355 e. The SMILES string of the molecule is Nn1c(SCC(=O)NCCc2ccc(F)cc2)nnc1-c1ccc(Cl)cc1. The fourth-order valence-corrected chi connectivity index (χ4v) is 3.16. The molecule has 2 aromatic carbocycles. The number of nitrogen functional groups attached to an aromatic ring is 1. The van der Waals surface area contributed by atoms with Crippen molar-refractivity contribution in [3.63, 3.8) is 0 Å². The lowest BCUT2D eigenvalue weighted by Crippen LogP contribution is -2.27. The van der Waals surface area contributed by atoms with E-state index < -0.39 is 0 Å². The Morgan fingerprint density at radius 3 is 2.56 bits per heavy atom. The van der Waals surface area contributed by atoms with E-state index in [9.17, 15) is 9.18 Å². The molecule has 0 aliphatic heterocycles. The molecular formula is C18H17ClFN5OS. The third kappa shape index (κ3) is 5.21. The number of benzene rings is 2. The molecule has 0 aliphatic carbocycles. The predicted octanol–water partition coefficient (Wildman–Crippen LogP) is 2.90. The van der Waals surface area contributed by atoms with E-state index in [1.807, 2.05) is 0 Å². The van der Waals surface area contributed by atoms with Gasteiger partial charge in [-0.2, -0.15) is 0 Å². The Bertz CT molecular complexity index is 915. The van der Waals surface area contributed by atoms with Crippen LogP contribution in [0.25, 0.3) is 11.4 Å². The van der Waals surface area contributed by atoms with Crippen LogP contribution in [0.15, 0.2) is 53.7 Å². The maximum atomic E-state index is 12.9. The van der Waals surface area contributed by atoms with Gasteiger partial charge in [-0.1, -0.05) is 35.5 Å². The minimum absolute atomic E-state index is 0.141. The molecular weight excluding hydrogens is 389 g/mol. The van der Waals surface area contributed by atoms with Crippen LogP contribution in [0, 0.1) is 5.82 Å². The smallest absolute Gasteiger partial charge is 0.230 e. The average molecular weight is 406 g/mol. The molecule has 0 unspecified atom stereocenters. The lowest BCUT2D eigenvalue weighted by molar-refractivity contribution is -0.118. The summed E-state index contributed by atoms with van der Waals surface area (Å²) >= 11 is 7.08. The minimum atomic E-state index is -0.275. The summed E-state index contributed by atoms with van der Waals surface area (Å²) in [6.07, 6.45) is 0.629. The van der Waals surface area contributed by atoms with Crippen LogP contribution in [0.2, 0.25) is 5.02 Å². The molecule has 0 saturated carbocycles. The summed E-state index contributed by atoms with van der Waals surface area (Å²) in [5.74, 6) is 6.27. The second-order valence-electron chi connectivity index (χ2n) is 5.70. The Kier molecular flexibility index (Phi) is 6.31. The molecule has 3 N–H and O–H groups in total. The lowest BCUT2D eigenvalue weighted by atomic mass is 10.1. The van der Waals surface area contributed by atoms with Crippen molar-refractivity contribution in [3.8, 4) is 11.4 Å². The van der Waals surface area contributed by atoms with Gasteiger partial charge in [0.05, 0.1) is 5.75 Å². The number of nitrogens with two attached hydrogens (primary N) is 1. The fourth-order valence-electron chi connectivity index (χ4n) is 2.35. The van der Waals surface area contributed by atoms with Crippen LogP contribution < -0.4 is 11.2 Å². The van der Waals surface area contributed by atoms with Gasteiger partial charge in [-0.05, 0) is 48.4 Å². The van der Waals surface area contributed by atoms with E-state index in [4.69, 9.17) is 17.4 Å². The average Bonchev–Trinajstić information content (AvgIpc) is 3.03. The Hall–Kier alpha value is -2.58. The van der Waals surface area contributed by atoms with Crippen LogP contribution in [0.4, 0.5) is 4.39 Å². The van der Waals surface area contributed by atoms with Crippen LogP contribution in [0.1, 0.15) is 5.56 Å². The van der Waals surface area contributed by atoms with Crippen molar-refractivity contribution in [3.05, 3.63) is 64.9 Å². The highest BCUT2D eigenvalue weighted by atomic mass is 35.5. The number of hydrogen-bond donors (Lipinski definition) is 2. The van der Waals surface area contributed by atoms with E-state index in [0.29, 0.717) is 29.0 Å². The van der Waals surface area contributed by atoms with Crippen LogP contribution in [-0.2, 0) is 11.2 Å². The van der Waals surface area contributed by atoms with Crippen molar-refractivity contribution in [1.82, 2.24) is 20.2 Å². The van der Waals surface area contributed by atoms with Gasteiger partial charge in [-0.3, -0.25) is 4.79 Å². The molecule has 6 nitrogen and oxygen atoms in total. The molecule has 1 amide bonds. The first-order valence-electron chi connectivity index (χ1n) is 8.13. The van der Waals surface area contributed by atoms with E-state index in [0.717, 1.165) is 11.1 Å². The van der Waals surface area contributed by atoms with Crippen molar-refractivity contribution < 1.29 is 9.18 Å². The number of nitrogens with zero attached hydrogens (tertiary/aromatic N) is 3. The lowest BCUT2D eigenvalue weighted by Gasteiger charge is -2.06. The third-order valence-electron chi connectivity index (χ3n) is 3.75. The van der Waals surface area contributed by atoms with Gasteiger partial charge in [-0.15, -0.1) is 10.2 Å². The standard InChI is InChI=1S/C18H17ClFN5OS/c19-14-5-3-13(4-6-14)17-23-24-18(25(17)21)27-11-16(26)22-10-9-12-1-7-15(20)8-2-12/h1-8H,9-11,21H2,(H,22,26). The maximum absolute atomic E-state index is 12.9. The molecule has 9 heteroatoms. The number of hydrogen-bond acceptors (Lipinski definition) is 5. The van der Waals surface area contributed by atoms with Crippen LogP contribution in [0.3, 0.4) is 0 Å². The highest BCUT2D eigenvalue weighted by Crippen LogP contribution is 2.22. The molecule has 0 radical (unpaired) electrons. The van der Waals surface area contributed by atoms with Gasteiger partial charge < -0.3 is 11.2 Å². The maximum Gasteiger partial charge on any atom is 0.230 e. The summed E-state index contributed by atoms with van der Waals surface area (Å²) in [6.45, 7) is 0.469. The Labute approximate surface area is 164 Å². The van der Waals surface area contributed by atoms with Gasteiger partial charge in [-0.25, -0.2) is 9.07 Å². The quantitative estimate of drug-likeness (QED) is 0.466. The van der Waals surface area contributed by atoms with E-state index >= 15 is 0 Å². The van der Waals surface area contributed by atoms with Crippen molar-refractivity contribution in [1.29, 1.82) is 0 Å². The predicted molar refractivity (Wildman–Crippen MR) is 104 cm³/mol. The number of rotatable bonds is 7. The van der Waals surface area contributed by atoms with Gasteiger partial charge in [0.2, 0.25) is 11.1 Å². The van der Waals surface area contributed by atoms with Crippen LogP contribution in [0.5, 0.6) is 0 Å². The van der Waals surface area contributed by atoms with E-state index in [-0.39, 0.29) is 17.5 Å². The van der Waals surface area contributed by atoms with E-state index in [1.54, 1.807) is 36.4 Å². The Balaban J connectivity index is 1.49. The number of carbonyl (C=O) groups is 1. The number of halogens is 2. The van der Waals surface area contributed by atoms with Crippen molar-refractivity contribution in [2.75, 3.05) is 18.1 Å². The summed E-state index contributed by atoms with van der Waals surface area (Å²) in [5, 5.41) is 12.0. The normalized spacial score (nSPS) is 10.7. The molecule has 1 heterocycles. The van der Waals surface area contributed by atoms with Crippen molar-refractivity contribution in [2.45, 2.75) is 11.6 Å². The molecule has 0 bridgehead atoms. The van der Waals surface area contributed by atoms with Crippen LogP contribution >= 0.6 is 23.4 Å². The summed E-state index contributed by atoms with van der Waals surface area (Å²) in [7, 11) is 0. The zero-order valence-corrected chi connectivity index (χ0v) is 15.8. The van der Waals surface area contributed by atoms with Gasteiger partial charge in [0.25, 0.3) is 0 Å². The summed E-state index contributed by atoms with van der Waals surface area (Å²) in [4.78, 5) is 12.0. The molecule has 0 aliphatic rings. The molecule has 0 spiro atoms. The molecule has 0 atom stereocenters. The first kappa shape index (κ1) is 19.2. The molecule has 3 aromatic rings. The second-order valence-corrected chi connectivity index (χ2v) is 7.08. The molecule has 27 heavy (non-hydrogen) atoms. The highest BCUT2D eigenvalue weighted by Gasteiger charge is 2.13. The highest BCUT2D eigenvalue weighted by molar-refractivity contribution is 7.99. The molecule has 1 aromatic heterocycles. The monoisotopic (exact) mass is 405 g/mol. The first-order valence-corrected chi connectivity index (χ1v) is 9.49. The molecule has 0 saturated heterocycles. The van der Waals surface area contributed by atoms with E-state index in [1.165, 1.54) is 28.6 Å². The second kappa shape index (κ2) is 8.88. The number of carbonyl (C=O) groups excluding carboxylic acids is 1. The van der Waals surface area contributed by atoms with Gasteiger partial charge in [0.15, 0.2) is 5.82 Å². The van der Waals surface area contributed by atoms with Crippen LogP contribution in [-0.4, -0.2) is 33.1 Å². The number of amides is 1. The Morgan fingerprint density at radius 1 is 1.15 bits per heavy atom.